The van der Waals surface area contributed by atoms with Crippen LogP contribution in [0.3, 0.4) is 0 Å². The maximum atomic E-state index is 13.9. The zero-order valence-electron chi connectivity index (χ0n) is 21.0. The molecule has 1 saturated heterocycles. The molecule has 1 N–H and O–H groups in total. The lowest BCUT2D eigenvalue weighted by molar-refractivity contribution is 0.101. The first-order valence-corrected chi connectivity index (χ1v) is 12.2. The minimum absolute atomic E-state index is 0. The molecule has 2 heterocycles. The molecule has 0 radical (unpaired) electrons. The van der Waals surface area contributed by atoms with Crippen molar-refractivity contribution in [2.24, 2.45) is 0 Å². The van der Waals surface area contributed by atoms with E-state index in [1.165, 1.54) is 17.1 Å². The molecule has 4 aromatic rings. The van der Waals surface area contributed by atoms with E-state index in [9.17, 15) is 13.6 Å². The zero-order valence-corrected chi connectivity index (χ0v) is 22.6. The number of pyridine rings is 1. The number of amides is 1. The highest BCUT2D eigenvalue weighted by atomic mass is 35.5. The number of rotatable bonds is 6. The highest BCUT2D eigenvalue weighted by Gasteiger charge is 2.20. The Bertz CT molecular complexity index is 1390. The van der Waals surface area contributed by atoms with Gasteiger partial charge in [0, 0.05) is 55.2 Å². The number of anilines is 2. The summed E-state index contributed by atoms with van der Waals surface area (Å²) in [6.07, 6.45) is 0.815. The van der Waals surface area contributed by atoms with Gasteiger partial charge in [-0.25, -0.2) is 8.78 Å². The molecule has 3 aromatic carbocycles. The molecule has 38 heavy (non-hydrogen) atoms. The highest BCUT2D eigenvalue weighted by molar-refractivity contribution is 6.04. The molecule has 0 atom stereocenters. The van der Waals surface area contributed by atoms with Crippen molar-refractivity contribution in [1.82, 2.24) is 9.88 Å². The molecule has 1 aliphatic heterocycles. The number of nitrogens with zero attached hydrogens (tertiary/aromatic N) is 3. The zero-order chi connectivity index (χ0) is 25.1. The van der Waals surface area contributed by atoms with Gasteiger partial charge in [0.1, 0.15) is 17.2 Å². The third-order valence-electron chi connectivity index (χ3n) is 6.65. The van der Waals surface area contributed by atoms with Crippen molar-refractivity contribution in [2.45, 2.75) is 13.3 Å². The fourth-order valence-electron chi connectivity index (χ4n) is 4.73. The third-order valence-corrected chi connectivity index (χ3v) is 6.65. The van der Waals surface area contributed by atoms with E-state index in [1.807, 2.05) is 25.1 Å². The minimum Gasteiger partial charge on any atom is -0.368 e. The number of piperazine rings is 1. The number of hydrogen-bond acceptors (Lipinski definition) is 4. The molecule has 0 spiro atoms. The summed E-state index contributed by atoms with van der Waals surface area (Å²) in [6, 6.07) is 21.3. The fourth-order valence-corrected chi connectivity index (χ4v) is 4.73. The second-order valence-corrected chi connectivity index (χ2v) is 9.13. The van der Waals surface area contributed by atoms with Crippen molar-refractivity contribution in [1.29, 1.82) is 0 Å². The molecule has 0 saturated carbocycles. The summed E-state index contributed by atoms with van der Waals surface area (Å²) in [5.41, 5.74) is 4.28. The van der Waals surface area contributed by atoms with Gasteiger partial charge in [0.2, 0.25) is 0 Å². The van der Waals surface area contributed by atoms with Crippen LogP contribution in [0.5, 0.6) is 0 Å². The fraction of sp³-hybridized carbons (Fsp3) is 0.241. The number of benzene rings is 3. The summed E-state index contributed by atoms with van der Waals surface area (Å²) in [7, 11) is 0. The molecule has 200 valence electrons. The van der Waals surface area contributed by atoms with Crippen molar-refractivity contribution >= 4 is 53.0 Å². The summed E-state index contributed by atoms with van der Waals surface area (Å²) in [4.78, 5) is 21.9. The van der Waals surface area contributed by atoms with Gasteiger partial charge in [0.05, 0.1) is 5.52 Å². The van der Waals surface area contributed by atoms with Gasteiger partial charge in [-0.05, 0) is 67.4 Å². The standard InChI is InChI=1S/C29H28F2N4O.2ClH/c1-20-11-12-23-26(32-20)9-4-10-27(23)35-17-15-34(16-18-35)14-13-21-5-2-6-22(19-21)33-29(36)28-24(30)7-3-8-25(28)31;;/h2-12,19H,13-18H2,1H3,(H,33,36);2*1H. The number of hydrogen-bond donors (Lipinski definition) is 1. The second kappa shape index (κ2) is 13.0. The molecule has 5 rings (SSSR count). The Labute approximate surface area is 233 Å². The number of fused-ring (bicyclic) bond motifs is 1. The first-order chi connectivity index (χ1) is 17.5. The molecule has 0 bridgehead atoms. The summed E-state index contributed by atoms with van der Waals surface area (Å²) in [5, 5.41) is 3.80. The van der Waals surface area contributed by atoms with Gasteiger partial charge in [-0.15, -0.1) is 24.8 Å². The molecule has 0 unspecified atom stereocenters. The summed E-state index contributed by atoms with van der Waals surface area (Å²) in [6.45, 7) is 6.70. The maximum absolute atomic E-state index is 13.9. The van der Waals surface area contributed by atoms with Crippen LogP contribution in [0.1, 0.15) is 21.6 Å². The molecular weight excluding hydrogens is 529 g/mol. The second-order valence-electron chi connectivity index (χ2n) is 9.13. The maximum Gasteiger partial charge on any atom is 0.261 e. The number of aromatic nitrogens is 1. The molecule has 5 nitrogen and oxygen atoms in total. The quantitative estimate of drug-likeness (QED) is 0.302. The Morgan fingerprint density at radius 3 is 2.32 bits per heavy atom. The van der Waals surface area contributed by atoms with Crippen molar-refractivity contribution in [2.75, 3.05) is 42.9 Å². The highest BCUT2D eigenvalue weighted by Crippen LogP contribution is 2.27. The molecule has 0 aliphatic carbocycles. The number of carbonyl (C=O) groups is 1. The summed E-state index contributed by atoms with van der Waals surface area (Å²) < 4.78 is 27.9. The van der Waals surface area contributed by atoms with Gasteiger partial charge in [-0.3, -0.25) is 14.7 Å². The van der Waals surface area contributed by atoms with Gasteiger partial charge in [-0.2, -0.15) is 0 Å². The van der Waals surface area contributed by atoms with E-state index in [0.717, 1.165) is 68.1 Å². The number of aryl methyl sites for hydroxylation is 1. The van der Waals surface area contributed by atoms with E-state index in [2.05, 4.69) is 50.4 Å². The van der Waals surface area contributed by atoms with Crippen molar-refractivity contribution in [3.05, 3.63) is 101 Å². The van der Waals surface area contributed by atoms with E-state index < -0.39 is 23.1 Å². The molecule has 1 fully saturated rings. The number of nitrogens with one attached hydrogen (secondary N) is 1. The van der Waals surface area contributed by atoms with Crippen LogP contribution in [0.2, 0.25) is 0 Å². The van der Waals surface area contributed by atoms with Crippen LogP contribution in [-0.4, -0.2) is 48.5 Å². The Balaban J connectivity index is 0.00000200. The van der Waals surface area contributed by atoms with E-state index >= 15 is 0 Å². The van der Waals surface area contributed by atoms with Crippen molar-refractivity contribution in [3.63, 3.8) is 0 Å². The van der Waals surface area contributed by atoms with E-state index in [0.29, 0.717) is 5.69 Å². The van der Waals surface area contributed by atoms with Crippen LogP contribution in [0.15, 0.2) is 72.8 Å². The smallest absolute Gasteiger partial charge is 0.261 e. The van der Waals surface area contributed by atoms with E-state index in [4.69, 9.17) is 0 Å². The van der Waals surface area contributed by atoms with Crippen LogP contribution >= 0.6 is 24.8 Å². The number of halogens is 4. The predicted octanol–water partition coefficient (Wildman–Crippen LogP) is 6.28. The Morgan fingerprint density at radius 1 is 0.895 bits per heavy atom. The SMILES string of the molecule is Cc1ccc2c(N3CCN(CCc4cccc(NC(=O)c5c(F)cccc5F)c4)CC3)cccc2n1.Cl.Cl. The van der Waals surface area contributed by atoms with E-state index in [1.54, 1.807) is 6.07 Å². The third kappa shape index (κ3) is 6.59. The van der Waals surface area contributed by atoms with E-state index in [-0.39, 0.29) is 24.8 Å². The lowest BCUT2D eigenvalue weighted by Gasteiger charge is -2.36. The van der Waals surface area contributed by atoms with Crippen LogP contribution in [0.4, 0.5) is 20.2 Å². The first kappa shape index (κ1) is 29.3. The van der Waals surface area contributed by atoms with Gasteiger partial charge in [0.25, 0.3) is 5.91 Å². The van der Waals surface area contributed by atoms with Crippen LogP contribution < -0.4 is 10.2 Å². The number of carbonyl (C=O) groups excluding carboxylic acids is 1. The molecule has 1 aromatic heterocycles. The van der Waals surface area contributed by atoms with Gasteiger partial charge in [-0.1, -0.05) is 24.3 Å². The topological polar surface area (TPSA) is 48.5 Å². The Hall–Kier alpha value is -3.26. The first-order valence-electron chi connectivity index (χ1n) is 12.2. The van der Waals surface area contributed by atoms with Crippen LogP contribution in [0.25, 0.3) is 10.9 Å². The van der Waals surface area contributed by atoms with Crippen LogP contribution in [0, 0.1) is 18.6 Å². The van der Waals surface area contributed by atoms with Gasteiger partial charge >= 0.3 is 0 Å². The average Bonchev–Trinajstić information content (AvgIpc) is 2.87. The molecule has 1 aliphatic rings. The monoisotopic (exact) mass is 558 g/mol. The normalized spacial score (nSPS) is 13.5. The van der Waals surface area contributed by atoms with Crippen LogP contribution in [-0.2, 0) is 6.42 Å². The van der Waals surface area contributed by atoms with Crippen molar-refractivity contribution in [3.8, 4) is 0 Å². The Kier molecular flexibility index (Phi) is 10.0. The predicted molar refractivity (Wildman–Crippen MR) is 154 cm³/mol. The lowest BCUT2D eigenvalue weighted by Crippen LogP contribution is -2.47. The lowest BCUT2D eigenvalue weighted by atomic mass is 10.1. The summed E-state index contributed by atoms with van der Waals surface area (Å²) >= 11 is 0. The van der Waals surface area contributed by atoms with Crippen molar-refractivity contribution < 1.29 is 13.6 Å². The van der Waals surface area contributed by atoms with Gasteiger partial charge in [0.15, 0.2) is 0 Å². The minimum atomic E-state index is -0.877. The summed E-state index contributed by atoms with van der Waals surface area (Å²) in [5.74, 6) is -2.55. The Morgan fingerprint density at radius 2 is 1.58 bits per heavy atom. The molecule has 9 heteroatoms. The molecule has 1 amide bonds. The largest absolute Gasteiger partial charge is 0.368 e. The average molecular weight is 559 g/mol. The molecular formula is C29H30Cl2F2N4O. The van der Waals surface area contributed by atoms with Gasteiger partial charge < -0.3 is 10.2 Å².